The van der Waals surface area contributed by atoms with E-state index in [1.807, 2.05) is 0 Å². The van der Waals surface area contributed by atoms with Crippen LogP contribution in [0.5, 0.6) is 0 Å². The Balaban J connectivity index is 1.51. The zero-order valence-electron chi connectivity index (χ0n) is 14.6. The standard InChI is InChI=1S/C22H18Br2O2/c1-11-6-17-13(4-3-5-19(17)23)14(11)8-15-12(2)7-18-16(15)9-20-22(21(18)24)26-10-25-20/h3-7,9,14,20H,8,10H2,1-2H3. The lowest BCUT2D eigenvalue weighted by molar-refractivity contribution is 0.0629. The third-order valence-electron chi connectivity index (χ3n) is 5.74. The second-order valence-electron chi connectivity index (χ2n) is 7.22. The zero-order valence-corrected chi connectivity index (χ0v) is 17.8. The highest BCUT2D eigenvalue weighted by molar-refractivity contribution is 9.12. The van der Waals surface area contributed by atoms with Crippen molar-refractivity contribution < 1.29 is 9.47 Å². The fraction of sp³-hybridized carbons (Fsp3) is 0.273. The third kappa shape index (κ3) is 2.39. The summed E-state index contributed by atoms with van der Waals surface area (Å²) in [5.74, 6) is 1.33. The molecule has 0 amide bonds. The fourth-order valence-corrected chi connectivity index (χ4v) is 5.55. The highest BCUT2D eigenvalue weighted by atomic mass is 79.9. The summed E-state index contributed by atoms with van der Waals surface area (Å²) in [7, 11) is 0. The van der Waals surface area contributed by atoms with Crippen molar-refractivity contribution in [3.05, 3.63) is 84.1 Å². The van der Waals surface area contributed by atoms with Crippen molar-refractivity contribution in [3.8, 4) is 0 Å². The van der Waals surface area contributed by atoms with Crippen LogP contribution < -0.4 is 0 Å². The predicted molar refractivity (Wildman–Crippen MR) is 111 cm³/mol. The molecule has 0 N–H and O–H groups in total. The van der Waals surface area contributed by atoms with Crippen molar-refractivity contribution in [1.29, 1.82) is 0 Å². The molecule has 3 aliphatic carbocycles. The highest BCUT2D eigenvalue weighted by Crippen LogP contribution is 2.50. The summed E-state index contributed by atoms with van der Waals surface area (Å²) in [6.07, 6.45) is 7.75. The number of allylic oxidation sites excluding steroid dienone is 7. The van der Waals surface area contributed by atoms with Crippen molar-refractivity contribution in [2.24, 2.45) is 0 Å². The molecule has 1 aliphatic heterocycles. The average molecular weight is 474 g/mol. The first-order valence-corrected chi connectivity index (χ1v) is 10.4. The lowest BCUT2D eigenvalue weighted by Crippen LogP contribution is -2.13. The van der Waals surface area contributed by atoms with Crippen LogP contribution in [0, 0.1) is 0 Å². The lowest BCUT2D eigenvalue weighted by Gasteiger charge is -2.22. The molecule has 5 rings (SSSR count). The van der Waals surface area contributed by atoms with Crippen molar-refractivity contribution in [2.75, 3.05) is 6.79 Å². The molecule has 2 unspecified atom stereocenters. The molecule has 26 heavy (non-hydrogen) atoms. The number of hydrogen-bond donors (Lipinski definition) is 0. The number of ether oxygens (including phenoxy) is 2. The van der Waals surface area contributed by atoms with Gasteiger partial charge in [-0.1, -0.05) is 39.7 Å². The van der Waals surface area contributed by atoms with Crippen LogP contribution in [0.15, 0.2) is 72.9 Å². The molecular weight excluding hydrogens is 456 g/mol. The normalized spacial score (nSPS) is 26.2. The number of halogens is 2. The van der Waals surface area contributed by atoms with E-state index in [1.165, 1.54) is 43.5 Å². The fourth-order valence-electron chi connectivity index (χ4n) is 4.38. The minimum Gasteiger partial charge on any atom is -0.468 e. The molecule has 0 spiro atoms. The summed E-state index contributed by atoms with van der Waals surface area (Å²) in [5, 5.41) is 0. The van der Waals surface area contributed by atoms with Crippen LogP contribution in [0.1, 0.15) is 37.3 Å². The summed E-state index contributed by atoms with van der Waals surface area (Å²) in [5.41, 5.74) is 9.43. The van der Waals surface area contributed by atoms with Gasteiger partial charge in [0.25, 0.3) is 0 Å². The maximum absolute atomic E-state index is 5.73. The Morgan fingerprint density at radius 3 is 2.81 bits per heavy atom. The Morgan fingerprint density at radius 2 is 1.96 bits per heavy atom. The van der Waals surface area contributed by atoms with Gasteiger partial charge in [-0.15, -0.1) is 0 Å². The van der Waals surface area contributed by atoms with Crippen LogP contribution >= 0.6 is 31.9 Å². The molecule has 1 saturated heterocycles. The van der Waals surface area contributed by atoms with Gasteiger partial charge < -0.3 is 9.47 Å². The number of hydrogen-bond acceptors (Lipinski definition) is 2. The van der Waals surface area contributed by atoms with Gasteiger partial charge in [0, 0.05) is 10.4 Å². The second kappa shape index (κ2) is 6.08. The molecule has 1 aromatic rings. The molecule has 0 radical (unpaired) electrons. The summed E-state index contributed by atoms with van der Waals surface area (Å²) < 4.78 is 13.6. The monoisotopic (exact) mass is 472 g/mol. The van der Waals surface area contributed by atoms with E-state index in [0.717, 1.165) is 16.7 Å². The second-order valence-corrected chi connectivity index (χ2v) is 8.86. The van der Waals surface area contributed by atoms with Gasteiger partial charge in [-0.25, -0.2) is 0 Å². The predicted octanol–water partition coefficient (Wildman–Crippen LogP) is 6.52. The van der Waals surface area contributed by atoms with Crippen molar-refractivity contribution >= 4 is 37.9 Å². The molecule has 132 valence electrons. The van der Waals surface area contributed by atoms with Crippen LogP contribution in [0.2, 0.25) is 0 Å². The topological polar surface area (TPSA) is 18.5 Å². The van der Waals surface area contributed by atoms with Gasteiger partial charge in [0.15, 0.2) is 6.79 Å². The molecule has 1 fully saturated rings. The van der Waals surface area contributed by atoms with E-state index >= 15 is 0 Å². The number of fused-ring (bicyclic) bond motifs is 3. The quantitative estimate of drug-likeness (QED) is 0.487. The van der Waals surface area contributed by atoms with Crippen LogP contribution in [-0.4, -0.2) is 12.9 Å². The largest absolute Gasteiger partial charge is 0.468 e. The van der Waals surface area contributed by atoms with Gasteiger partial charge in [-0.3, -0.25) is 0 Å². The Hall–Kier alpha value is -1.36. The van der Waals surface area contributed by atoms with E-state index < -0.39 is 0 Å². The van der Waals surface area contributed by atoms with Gasteiger partial charge in [-0.2, -0.15) is 0 Å². The lowest BCUT2D eigenvalue weighted by atomic mass is 9.84. The SMILES string of the molecule is CC1=Cc2c(Br)cccc2C1CC1=C(C)C=C2C1=CC1OCOC1=C2Br. The summed E-state index contributed by atoms with van der Waals surface area (Å²) in [6, 6.07) is 6.51. The van der Waals surface area contributed by atoms with E-state index in [2.05, 4.69) is 82.1 Å². The Morgan fingerprint density at radius 1 is 1.12 bits per heavy atom. The summed E-state index contributed by atoms with van der Waals surface area (Å²) in [4.78, 5) is 0. The van der Waals surface area contributed by atoms with E-state index in [4.69, 9.17) is 9.47 Å². The number of rotatable bonds is 2. The van der Waals surface area contributed by atoms with Crippen molar-refractivity contribution in [3.63, 3.8) is 0 Å². The summed E-state index contributed by atoms with van der Waals surface area (Å²) in [6.45, 7) is 4.78. The highest BCUT2D eigenvalue weighted by Gasteiger charge is 2.36. The molecule has 4 aliphatic rings. The van der Waals surface area contributed by atoms with Crippen molar-refractivity contribution in [1.82, 2.24) is 0 Å². The molecule has 1 aromatic carbocycles. The maximum Gasteiger partial charge on any atom is 0.190 e. The molecule has 1 heterocycles. The van der Waals surface area contributed by atoms with Gasteiger partial charge in [-0.05, 0) is 87.8 Å². The average Bonchev–Trinajstić information content (AvgIpc) is 3.28. The van der Waals surface area contributed by atoms with E-state index in [1.54, 1.807) is 0 Å². The minimum absolute atomic E-state index is 0.0703. The van der Waals surface area contributed by atoms with Gasteiger partial charge in [0.1, 0.15) is 11.9 Å². The Bertz CT molecular complexity index is 991. The first-order valence-electron chi connectivity index (χ1n) is 8.79. The van der Waals surface area contributed by atoms with Gasteiger partial charge in [0.2, 0.25) is 0 Å². The van der Waals surface area contributed by atoms with Crippen LogP contribution in [-0.2, 0) is 9.47 Å². The minimum atomic E-state index is -0.0703. The molecule has 0 aromatic heterocycles. The van der Waals surface area contributed by atoms with E-state index in [9.17, 15) is 0 Å². The smallest absolute Gasteiger partial charge is 0.190 e. The van der Waals surface area contributed by atoms with Crippen LogP contribution in [0.3, 0.4) is 0 Å². The third-order valence-corrected chi connectivity index (χ3v) is 7.24. The molecule has 0 bridgehead atoms. The van der Waals surface area contributed by atoms with E-state index in [-0.39, 0.29) is 6.10 Å². The Kier molecular flexibility index (Phi) is 3.93. The molecule has 4 heteroatoms. The van der Waals surface area contributed by atoms with Crippen LogP contribution in [0.4, 0.5) is 0 Å². The van der Waals surface area contributed by atoms with Gasteiger partial charge in [0.05, 0.1) is 4.48 Å². The first kappa shape index (κ1) is 16.8. The Labute approximate surface area is 170 Å². The molecule has 2 atom stereocenters. The van der Waals surface area contributed by atoms with Gasteiger partial charge >= 0.3 is 0 Å². The number of benzene rings is 1. The molecular formula is C22H18Br2O2. The van der Waals surface area contributed by atoms with E-state index in [0.29, 0.717) is 12.7 Å². The maximum atomic E-state index is 5.73. The van der Waals surface area contributed by atoms with Crippen molar-refractivity contribution in [2.45, 2.75) is 32.3 Å². The summed E-state index contributed by atoms with van der Waals surface area (Å²) >= 11 is 7.44. The first-order chi connectivity index (χ1) is 12.5. The molecule has 2 nitrogen and oxygen atoms in total. The zero-order chi connectivity index (χ0) is 18.0. The van der Waals surface area contributed by atoms with Crippen LogP contribution in [0.25, 0.3) is 6.08 Å². The molecule has 0 saturated carbocycles.